The zero-order chi connectivity index (χ0) is 31.5. The third-order valence-electron chi connectivity index (χ3n) is 7.21. The Morgan fingerprint density at radius 3 is 1.98 bits per heavy atom. The van der Waals surface area contributed by atoms with Crippen molar-refractivity contribution in [2.45, 2.75) is 44.6 Å². The van der Waals surface area contributed by atoms with E-state index >= 15 is 0 Å². The Morgan fingerprint density at radius 2 is 1.39 bits per heavy atom. The first kappa shape index (κ1) is 32.3. The van der Waals surface area contributed by atoms with Crippen LogP contribution in [0.3, 0.4) is 0 Å². The summed E-state index contributed by atoms with van der Waals surface area (Å²) in [6.07, 6.45) is 0.890. The maximum Gasteiger partial charge on any atom is 0.264 e. The van der Waals surface area contributed by atoms with Crippen LogP contribution in [0.15, 0.2) is 114 Å². The topological polar surface area (TPSA) is 96.0 Å². The average Bonchev–Trinajstić information content (AvgIpc) is 3.03. The zero-order valence-electron chi connectivity index (χ0n) is 25.3. The van der Waals surface area contributed by atoms with Crippen LogP contribution in [0.5, 0.6) is 11.5 Å². The Kier molecular flexibility index (Phi) is 11.2. The maximum absolute atomic E-state index is 14.1. The highest BCUT2D eigenvalue weighted by atomic mass is 32.2. The molecule has 4 rings (SSSR count). The van der Waals surface area contributed by atoms with Crippen molar-refractivity contribution in [3.8, 4) is 11.5 Å². The summed E-state index contributed by atoms with van der Waals surface area (Å²) in [5.74, 6) is 0.418. The summed E-state index contributed by atoms with van der Waals surface area (Å²) < 4.78 is 35.2. The Labute approximate surface area is 260 Å². The first-order chi connectivity index (χ1) is 21.2. The van der Waals surface area contributed by atoms with E-state index in [2.05, 4.69) is 5.32 Å². The van der Waals surface area contributed by atoms with Gasteiger partial charge in [0.2, 0.25) is 11.8 Å². The van der Waals surface area contributed by atoms with Crippen LogP contribution < -0.4 is 14.4 Å². The van der Waals surface area contributed by atoms with E-state index in [1.807, 2.05) is 81.4 Å². The molecular weight excluding hydrogens is 574 g/mol. The normalized spacial score (nSPS) is 11.8. The zero-order valence-corrected chi connectivity index (χ0v) is 26.2. The van der Waals surface area contributed by atoms with Gasteiger partial charge < -0.3 is 15.0 Å². The Morgan fingerprint density at radius 1 is 0.795 bits per heavy atom. The van der Waals surface area contributed by atoms with Gasteiger partial charge in [0.25, 0.3) is 10.0 Å². The van der Waals surface area contributed by atoms with Gasteiger partial charge in [0, 0.05) is 13.1 Å². The van der Waals surface area contributed by atoms with Crippen molar-refractivity contribution in [3.05, 3.63) is 120 Å². The number of benzene rings is 4. The fourth-order valence-electron chi connectivity index (χ4n) is 4.86. The van der Waals surface area contributed by atoms with Crippen LogP contribution in [0, 0.1) is 6.92 Å². The number of likely N-dealkylation sites (N-methyl/N-ethyl adjacent to an activating group) is 1. The lowest BCUT2D eigenvalue weighted by Gasteiger charge is -2.33. The molecule has 0 fully saturated rings. The van der Waals surface area contributed by atoms with Crippen LogP contribution in [0.2, 0.25) is 0 Å². The summed E-state index contributed by atoms with van der Waals surface area (Å²) >= 11 is 0. The molecule has 9 heteroatoms. The minimum absolute atomic E-state index is 0.0621. The van der Waals surface area contributed by atoms with Gasteiger partial charge in [0.15, 0.2) is 0 Å². The number of aryl methyl sites for hydroxylation is 1. The second-order valence-corrected chi connectivity index (χ2v) is 12.2. The van der Waals surface area contributed by atoms with Crippen LogP contribution >= 0.6 is 0 Å². The summed E-state index contributed by atoms with van der Waals surface area (Å²) in [6.45, 7) is 5.72. The highest BCUT2D eigenvalue weighted by molar-refractivity contribution is 7.92. The number of nitrogens with one attached hydrogen (secondary N) is 1. The predicted octanol–water partition coefficient (Wildman–Crippen LogP) is 5.97. The molecule has 0 radical (unpaired) electrons. The Bertz CT molecular complexity index is 1610. The molecule has 0 saturated heterocycles. The van der Waals surface area contributed by atoms with Gasteiger partial charge in [-0.05, 0) is 80.8 Å². The molecule has 0 aliphatic carbocycles. The van der Waals surface area contributed by atoms with E-state index in [1.54, 1.807) is 36.4 Å². The van der Waals surface area contributed by atoms with Crippen molar-refractivity contribution in [2.24, 2.45) is 0 Å². The molecule has 0 aromatic heterocycles. The SMILES string of the molecule is CCNC(=O)C(CC)N(CCc1ccccc1)C(=O)CN(c1ccc(Oc2ccccc2)cc1)S(=O)(=O)c1ccc(C)cc1. The number of amides is 2. The number of hydrogen-bond donors (Lipinski definition) is 1. The molecule has 0 spiro atoms. The van der Waals surface area contributed by atoms with E-state index in [0.29, 0.717) is 36.6 Å². The minimum atomic E-state index is -4.16. The van der Waals surface area contributed by atoms with E-state index in [9.17, 15) is 18.0 Å². The minimum Gasteiger partial charge on any atom is -0.457 e. The molecule has 1 atom stereocenters. The number of carbonyl (C=O) groups excluding carboxylic acids is 2. The second-order valence-electron chi connectivity index (χ2n) is 10.4. The van der Waals surface area contributed by atoms with Crippen LogP contribution in [0.25, 0.3) is 0 Å². The van der Waals surface area contributed by atoms with Crippen LogP contribution in [-0.4, -0.2) is 50.8 Å². The number of nitrogens with zero attached hydrogens (tertiary/aromatic N) is 2. The molecule has 230 valence electrons. The van der Waals surface area contributed by atoms with E-state index in [4.69, 9.17) is 4.74 Å². The molecule has 4 aromatic carbocycles. The molecule has 2 amide bonds. The third-order valence-corrected chi connectivity index (χ3v) is 9.00. The Hall–Kier alpha value is -4.63. The van der Waals surface area contributed by atoms with Crippen molar-refractivity contribution >= 4 is 27.5 Å². The summed E-state index contributed by atoms with van der Waals surface area (Å²) in [4.78, 5) is 28.8. The number of rotatable bonds is 14. The van der Waals surface area contributed by atoms with Crippen LogP contribution in [0.1, 0.15) is 31.4 Å². The summed E-state index contributed by atoms with van der Waals surface area (Å²) in [6, 6.07) is 31.3. The lowest BCUT2D eigenvalue weighted by Crippen LogP contribution is -2.53. The highest BCUT2D eigenvalue weighted by Gasteiger charge is 2.33. The molecule has 0 aliphatic rings. The van der Waals surface area contributed by atoms with Crippen molar-refractivity contribution in [3.63, 3.8) is 0 Å². The number of hydrogen-bond acceptors (Lipinski definition) is 5. The predicted molar refractivity (Wildman–Crippen MR) is 173 cm³/mol. The number of carbonyl (C=O) groups is 2. The molecule has 1 unspecified atom stereocenters. The standard InChI is InChI=1S/C35H39N3O5S/c1-4-33(35(40)36-5-2)37(25-24-28-12-8-6-9-13-28)34(39)26-38(44(41,42)32-22-16-27(3)17-23-32)29-18-20-31(21-19-29)43-30-14-10-7-11-15-30/h6-23,33H,4-5,24-26H2,1-3H3,(H,36,40). The van der Waals surface area contributed by atoms with E-state index < -0.39 is 28.5 Å². The van der Waals surface area contributed by atoms with Gasteiger partial charge in [-0.25, -0.2) is 8.42 Å². The summed E-state index contributed by atoms with van der Waals surface area (Å²) in [7, 11) is -4.16. The van der Waals surface area contributed by atoms with Gasteiger partial charge in [0.1, 0.15) is 24.1 Å². The number of ether oxygens (including phenoxy) is 1. The largest absolute Gasteiger partial charge is 0.457 e. The van der Waals surface area contributed by atoms with E-state index in [-0.39, 0.29) is 17.3 Å². The maximum atomic E-state index is 14.1. The number of para-hydroxylation sites is 1. The van der Waals surface area contributed by atoms with Crippen LogP contribution in [0.4, 0.5) is 5.69 Å². The molecular formula is C35H39N3O5S. The molecule has 0 heterocycles. The second kappa shape index (κ2) is 15.2. The van der Waals surface area contributed by atoms with Gasteiger partial charge >= 0.3 is 0 Å². The number of anilines is 1. The van der Waals surface area contributed by atoms with Crippen molar-refractivity contribution in [1.82, 2.24) is 10.2 Å². The number of sulfonamides is 1. The fourth-order valence-corrected chi connectivity index (χ4v) is 6.27. The van der Waals surface area contributed by atoms with Crippen molar-refractivity contribution < 1.29 is 22.7 Å². The molecule has 4 aromatic rings. The first-order valence-corrected chi connectivity index (χ1v) is 16.2. The molecule has 0 aliphatic heterocycles. The molecule has 44 heavy (non-hydrogen) atoms. The lowest BCUT2D eigenvalue weighted by molar-refractivity contribution is -0.139. The van der Waals surface area contributed by atoms with Crippen LogP contribution in [-0.2, 0) is 26.0 Å². The van der Waals surface area contributed by atoms with E-state index in [0.717, 1.165) is 15.4 Å². The van der Waals surface area contributed by atoms with Gasteiger partial charge in [-0.2, -0.15) is 0 Å². The molecule has 0 saturated carbocycles. The molecule has 1 N–H and O–H groups in total. The van der Waals surface area contributed by atoms with Gasteiger partial charge in [-0.1, -0.05) is 73.2 Å². The van der Waals surface area contributed by atoms with Gasteiger partial charge in [0.05, 0.1) is 10.6 Å². The summed E-state index contributed by atoms with van der Waals surface area (Å²) in [5, 5.41) is 2.82. The van der Waals surface area contributed by atoms with Gasteiger partial charge in [-0.3, -0.25) is 13.9 Å². The molecule has 0 bridgehead atoms. The van der Waals surface area contributed by atoms with Crippen molar-refractivity contribution in [2.75, 3.05) is 23.9 Å². The Balaban J connectivity index is 1.69. The average molecular weight is 614 g/mol. The summed E-state index contributed by atoms with van der Waals surface area (Å²) in [5.41, 5.74) is 2.22. The monoisotopic (exact) mass is 613 g/mol. The first-order valence-electron chi connectivity index (χ1n) is 14.8. The smallest absolute Gasteiger partial charge is 0.264 e. The highest BCUT2D eigenvalue weighted by Crippen LogP contribution is 2.28. The third kappa shape index (κ3) is 8.26. The lowest BCUT2D eigenvalue weighted by atomic mass is 10.1. The van der Waals surface area contributed by atoms with Gasteiger partial charge in [-0.15, -0.1) is 0 Å². The van der Waals surface area contributed by atoms with Crippen molar-refractivity contribution in [1.29, 1.82) is 0 Å². The molecule has 8 nitrogen and oxygen atoms in total. The van der Waals surface area contributed by atoms with E-state index in [1.165, 1.54) is 17.0 Å². The quantitative estimate of drug-likeness (QED) is 0.189. The fraction of sp³-hybridized carbons (Fsp3) is 0.257.